The fraction of sp³-hybridized carbons (Fsp3) is 0.556. The molecule has 2 fully saturated rings. The number of pyridine rings is 1. The molecule has 0 aliphatic carbocycles. The van der Waals surface area contributed by atoms with Crippen molar-refractivity contribution in [3.05, 3.63) is 58.3 Å². The molecule has 15 heteroatoms. The average molecular weight is 613 g/mol. The number of hydrogen-bond donors (Lipinski definition) is 0. The number of carbonyl (C=O) groups excluding carboxylic acids is 1. The first-order chi connectivity index (χ1) is 19.4. The van der Waals surface area contributed by atoms with E-state index in [-0.39, 0.29) is 23.5 Å². The van der Waals surface area contributed by atoms with Crippen molar-refractivity contribution in [2.75, 3.05) is 31.6 Å². The van der Waals surface area contributed by atoms with Crippen LogP contribution >= 0.6 is 0 Å². The third-order valence-corrected chi connectivity index (χ3v) is 7.68. The summed E-state index contributed by atoms with van der Waals surface area (Å²) in [5, 5.41) is 0. The summed E-state index contributed by atoms with van der Waals surface area (Å²) >= 11 is 0. The number of cyclic esters (lactones) is 1. The van der Waals surface area contributed by atoms with Crippen LogP contribution in [0.25, 0.3) is 0 Å². The van der Waals surface area contributed by atoms with E-state index in [0.717, 1.165) is 24.1 Å². The van der Waals surface area contributed by atoms with Crippen molar-refractivity contribution in [3.8, 4) is 0 Å². The number of rotatable bonds is 6. The van der Waals surface area contributed by atoms with Gasteiger partial charge in [0, 0.05) is 24.3 Å². The van der Waals surface area contributed by atoms with Crippen molar-refractivity contribution in [2.24, 2.45) is 0 Å². The minimum absolute atomic E-state index is 0.0232. The van der Waals surface area contributed by atoms with Gasteiger partial charge in [-0.3, -0.25) is 4.90 Å². The maximum atomic E-state index is 13.7. The van der Waals surface area contributed by atoms with E-state index in [9.17, 15) is 44.3 Å². The first-order valence-electron chi connectivity index (χ1n) is 13.2. The van der Waals surface area contributed by atoms with Crippen LogP contribution < -0.4 is 4.90 Å². The molecule has 42 heavy (non-hydrogen) atoms. The van der Waals surface area contributed by atoms with Crippen LogP contribution in [0, 0.1) is 0 Å². The Balaban J connectivity index is 1.71. The zero-order valence-corrected chi connectivity index (χ0v) is 22.9. The highest BCUT2D eigenvalue weighted by atomic mass is 19.4. The number of carbonyl (C=O) groups is 1. The first kappa shape index (κ1) is 31.7. The van der Waals surface area contributed by atoms with Gasteiger partial charge in [0.1, 0.15) is 11.9 Å². The molecule has 232 valence electrons. The average Bonchev–Trinajstić information content (AvgIpc) is 3.17. The van der Waals surface area contributed by atoms with Gasteiger partial charge in [-0.2, -0.15) is 39.5 Å². The zero-order valence-electron chi connectivity index (χ0n) is 22.9. The first-order valence-corrected chi connectivity index (χ1v) is 13.2. The van der Waals surface area contributed by atoms with Crippen molar-refractivity contribution >= 4 is 11.9 Å². The van der Waals surface area contributed by atoms with Gasteiger partial charge >= 0.3 is 24.6 Å². The quantitative estimate of drug-likeness (QED) is 0.325. The summed E-state index contributed by atoms with van der Waals surface area (Å²) < 4.78 is 127. The summed E-state index contributed by atoms with van der Waals surface area (Å²) in [6.07, 6.45) is -15.5. The van der Waals surface area contributed by atoms with Crippen molar-refractivity contribution in [3.63, 3.8) is 0 Å². The number of benzene rings is 1. The number of aromatic nitrogens is 1. The fourth-order valence-corrected chi connectivity index (χ4v) is 5.41. The molecule has 2 unspecified atom stereocenters. The Bertz CT molecular complexity index is 1260. The fourth-order valence-electron chi connectivity index (χ4n) is 5.41. The Morgan fingerprint density at radius 2 is 1.45 bits per heavy atom. The highest BCUT2D eigenvalue weighted by molar-refractivity contribution is 5.71. The highest BCUT2D eigenvalue weighted by Gasteiger charge is 2.44. The van der Waals surface area contributed by atoms with Crippen LogP contribution in [-0.4, -0.2) is 59.6 Å². The molecule has 2 aliphatic rings. The van der Waals surface area contributed by atoms with Crippen LogP contribution in [0.5, 0.6) is 0 Å². The number of nitrogens with zero attached hydrogens (tertiary/aromatic N) is 4. The van der Waals surface area contributed by atoms with E-state index in [4.69, 9.17) is 4.74 Å². The zero-order chi connectivity index (χ0) is 31.2. The number of anilines is 1. The molecule has 4 rings (SSSR count). The second-order valence-corrected chi connectivity index (χ2v) is 10.5. The van der Waals surface area contributed by atoms with Gasteiger partial charge in [-0.1, -0.05) is 0 Å². The molecule has 1 amide bonds. The molecule has 0 saturated carbocycles. The summed E-state index contributed by atoms with van der Waals surface area (Å²) in [6.45, 7) is 4.61. The SMILES string of the molecule is CCN(c1ncc(C(F)(F)F)cc1CN1C(=O)OC(c2cc(C(F)(F)F)cc(C(F)(F)F)c2)C1C)C1CCN(C)CC1. The summed E-state index contributed by atoms with van der Waals surface area (Å²) in [6, 6.07) is 0.608. The number of likely N-dealkylation sites (tertiary alicyclic amines) is 1. The Morgan fingerprint density at radius 1 is 0.905 bits per heavy atom. The second-order valence-electron chi connectivity index (χ2n) is 10.5. The van der Waals surface area contributed by atoms with Crippen LogP contribution in [0.15, 0.2) is 30.5 Å². The molecule has 1 aromatic carbocycles. The summed E-state index contributed by atoms with van der Waals surface area (Å²) in [7, 11) is 1.95. The molecule has 0 spiro atoms. The molecule has 2 saturated heterocycles. The van der Waals surface area contributed by atoms with Crippen molar-refractivity contribution in [1.29, 1.82) is 0 Å². The lowest BCUT2D eigenvalue weighted by Gasteiger charge is -2.38. The number of alkyl halides is 9. The number of amides is 1. The minimum Gasteiger partial charge on any atom is -0.439 e. The van der Waals surface area contributed by atoms with Gasteiger partial charge < -0.3 is 14.5 Å². The maximum absolute atomic E-state index is 13.7. The molecule has 3 heterocycles. The van der Waals surface area contributed by atoms with Gasteiger partial charge in [-0.05, 0) is 76.7 Å². The topological polar surface area (TPSA) is 48.9 Å². The molecule has 2 aliphatic heterocycles. The Kier molecular flexibility index (Phi) is 8.65. The Labute approximate surface area is 236 Å². The van der Waals surface area contributed by atoms with Crippen LogP contribution in [0.4, 0.5) is 50.1 Å². The van der Waals surface area contributed by atoms with Crippen LogP contribution in [0.1, 0.15) is 60.6 Å². The van der Waals surface area contributed by atoms with E-state index in [1.54, 1.807) is 0 Å². The normalized spacial score (nSPS) is 21.1. The molecule has 2 atom stereocenters. The standard InChI is InChI=1S/C27H29F9N4O2/c1-4-39(21-5-7-38(3)8-6-21)23-17(11-20(13-37-23)27(34,35)36)14-40-15(2)22(42-24(40)41)16-9-18(25(28,29)30)12-19(10-16)26(31,32)33/h9-13,15,21-22H,4-8,14H2,1-3H3. The smallest absolute Gasteiger partial charge is 0.417 e. The predicted octanol–water partition coefficient (Wildman–Crippen LogP) is 7.14. The van der Waals surface area contributed by atoms with Crippen LogP contribution in [-0.2, 0) is 29.8 Å². The number of ether oxygens (including phenoxy) is 1. The van der Waals surface area contributed by atoms with Gasteiger partial charge in [0.05, 0.1) is 29.3 Å². The summed E-state index contributed by atoms with van der Waals surface area (Å²) in [5.74, 6) is 0.210. The largest absolute Gasteiger partial charge is 0.439 e. The molecular weight excluding hydrogens is 583 g/mol. The van der Waals surface area contributed by atoms with Gasteiger partial charge in [0.15, 0.2) is 0 Å². The van der Waals surface area contributed by atoms with Crippen LogP contribution in [0.3, 0.4) is 0 Å². The van der Waals surface area contributed by atoms with E-state index < -0.39 is 65.6 Å². The molecule has 0 radical (unpaired) electrons. The van der Waals surface area contributed by atoms with Gasteiger partial charge in [-0.15, -0.1) is 0 Å². The number of hydrogen-bond acceptors (Lipinski definition) is 5. The van der Waals surface area contributed by atoms with Crippen LogP contribution in [0.2, 0.25) is 0 Å². The van der Waals surface area contributed by atoms with Gasteiger partial charge in [0.2, 0.25) is 0 Å². The molecule has 2 aromatic rings. The Hall–Kier alpha value is -3.23. The van der Waals surface area contributed by atoms with E-state index >= 15 is 0 Å². The lowest BCUT2D eigenvalue weighted by Crippen LogP contribution is -2.45. The second kappa shape index (κ2) is 11.5. The van der Waals surface area contributed by atoms with Crippen molar-refractivity contribution in [2.45, 2.75) is 70.0 Å². The van der Waals surface area contributed by atoms with Gasteiger partial charge in [0.25, 0.3) is 0 Å². The maximum Gasteiger partial charge on any atom is 0.417 e. The summed E-state index contributed by atoms with van der Waals surface area (Å²) in [4.78, 5) is 22.0. The molecule has 1 aromatic heterocycles. The third kappa shape index (κ3) is 6.70. The summed E-state index contributed by atoms with van der Waals surface area (Å²) in [5.41, 5.74) is -4.73. The number of halogens is 9. The highest BCUT2D eigenvalue weighted by Crippen LogP contribution is 2.42. The van der Waals surface area contributed by atoms with Crippen molar-refractivity contribution in [1.82, 2.24) is 14.8 Å². The van der Waals surface area contributed by atoms with Gasteiger partial charge in [-0.25, -0.2) is 9.78 Å². The van der Waals surface area contributed by atoms with E-state index in [1.807, 2.05) is 18.9 Å². The molecular formula is C27H29F9N4O2. The van der Waals surface area contributed by atoms with Crippen molar-refractivity contribution < 1.29 is 49.0 Å². The minimum atomic E-state index is -5.11. The lowest BCUT2D eigenvalue weighted by atomic mass is 9.97. The molecule has 0 N–H and O–H groups in total. The van der Waals surface area contributed by atoms with E-state index in [2.05, 4.69) is 9.88 Å². The predicted molar refractivity (Wildman–Crippen MR) is 133 cm³/mol. The Morgan fingerprint density at radius 3 is 1.95 bits per heavy atom. The lowest BCUT2D eigenvalue weighted by molar-refractivity contribution is -0.143. The monoisotopic (exact) mass is 612 g/mol. The van der Waals surface area contributed by atoms with E-state index in [1.165, 1.54) is 6.92 Å². The third-order valence-electron chi connectivity index (χ3n) is 7.68. The number of piperidine rings is 1. The molecule has 0 bridgehead atoms. The molecule has 6 nitrogen and oxygen atoms in total. The van der Waals surface area contributed by atoms with E-state index in [0.29, 0.717) is 37.7 Å².